The lowest BCUT2D eigenvalue weighted by Crippen LogP contribution is -2.31. The van der Waals surface area contributed by atoms with Crippen molar-refractivity contribution >= 4 is 17.7 Å². The number of hydrogen-bond donors (Lipinski definition) is 1. The molecular weight excluding hydrogens is 322 g/mol. The highest BCUT2D eigenvalue weighted by Crippen LogP contribution is 2.28. The van der Waals surface area contributed by atoms with Crippen LogP contribution in [0.1, 0.15) is 46.6 Å². The third-order valence-electron chi connectivity index (χ3n) is 3.60. The molecule has 130 valence electrons. The van der Waals surface area contributed by atoms with E-state index in [1.165, 1.54) is 17.3 Å². The van der Waals surface area contributed by atoms with Crippen LogP contribution in [0.5, 0.6) is 0 Å². The summed E-state index contributed by atoms with van der Waals surface area (Å²) in [5, 5.41) is 11.1. The number of thioether (sulfide) groups is 1. The first-order valence-electron chi connectivity index (χ1n) is 8.20. The Morgan fingerprint density at radius 3 is 2.50 bits per heavy atom. The summed E-state index contributed by atoms with van der Waals surface area (Å²) in [5.74, 6) is 0.454. The number of rotatable bonds is 6. The summed E-state index contributed by atoms with van der Waals surface area (Å²) in [7, 11) is 0. The summed E-state index contributed by atoms with van der Waals surface area (Å²) in [5.41, 5.74) is 2.24. The molecule has 0 unspecified atom stereocenters. The fourth-order valence-electron chi connectivity index (χ4n) is 2.08. The molecule has 1 N–H and O–H groups in total. The summed E-state index contributed by atoms with van der Waals surface area (Å²) < 4.78 is 5.68. The lowest BCUT2D eigenvalue weighted by molar-refractivity contribution is -0.120. The molecule has 1 aromatic heterocycles. The minimum Gasteiger partial charge on any atom is -0.411 e. The lowest BCUT2D eigenvalue weighted by atomic mass is 9.87. The number of benzene rings is 1. The number of aromatic nitrogens is 2. The van der Waals surface area contributed by atoms with E-state index in [9.17, 15) is 4.79 Å². The predicted octanol–water partition coefficient (Wildman–Crippen LogP) is 4.04. The average molecular weight is 347 g/mol. The van der Waals surface area contributed by atoms with E-state index in [-0.39, 0.29) is 16.6 Å². The van der Waals surface area contributed by atoms with Crippen molar-refractivity contribution in [3.8, 4) is 11.5 Å². The summed E-state index contributed by atoms with van der Waals surface area (Å²) in [6, 6.07) is 8.13. The van der Waals surface area contributed by atoms with Crippen LogP contribution in [0.2, 0.25) is 0 Å². The van der Waals surface area contributed by atoms with E-state index in [2.05, 4.69) is 48.4 Å². The van der Waals surface area contributed by atoms with Gasteiger partial charge in [0.05, 0.1) is 5.25 Å². The fraction of sp³-hybridized carbons (Fsp3) is 0.500. The molecule has 0 radical (unpaired) electrons. The molecule has 0 spiro atoms. The van der Waals surface area contributed by atoms with Crippen molar-refractivity contribution in [3.63, 3.8) is 0 Å². The second-order valence-electron chi connectivity index (χ2n) is 6.75. The minimum atomic E-state index is -0.270. The van der Waals surface area contributed by atoms with E-state index in [4.69, 9.17) is 4.42 Å². The first kappa shape index (κ1) is 18.5. The molecule has 2 rings (SSSR count). The van der Waals surface area contributed by atoms with Gasteiger partial charge in [-0.3, -0.25) is 4.79 Å². The monoisotopic (exact) mass is 347 g/mol. The largest absolute Gasteiger partial charge is 0.411 e. The Morgan fingerprint density at radius 2 is 1.92 bits per heavy atom. The molecule has 24 heavy (non-hydrogen) atoms. The first-order chi connectivity index (χ1) is 11.3. The number of nitrogens with zero attached hydrogens (tertiary/aromatic N) is 2. The van der Waals surface area contributed by atoms with Crippen LogP contribution in [-0.4, -0.2) is 27.9 Å². The van der Waals surface area contributed by atoms with Gasteiger partial charge in [-0.15, -0.1) is 10.2 Å². The van der Waals surface area contributed by atoms with Gasteiger partial charge in [-0.25, -0.2) is 0 Å². The molecule has 6 heteroatoms. The smallest absolute Gasteiger partial charge is 0.277 e. The zero-order valence-corrected chi connectivity index (χ0v) is 15.7. The van der Waals surface area contributed by atoms with Crippen LogP contribution < -0.4 is 5.32 Å². The molecule has 0 aliphatic carbocycles. The van der Waals surface area contributed by atoms with Crippen molar-refractivity contribution in [2.24, 2.45) is 0 Å². The van der Waals surface area contributed by atoms with Crippen LogP contribution in [0.3, 0.4) is 0 Å². The van der Waals surface area contributed by atoms with E-state index in [0.29, 0.717) is 17.7 Å². The number of amides is 1. The SMILES string of the molecule is CCCNC(=O)[C@H](C)Sc1nnc(-c2ccc(C(C)(C)C)cc2)o1. The predicted molar refractivity (Wildman–Crippen MR) is 97.1 cm³/mol. The van der Waals surface area contributed by atoms with Crippen LogP contribution in [0.25, 0.3) is 11.5 Å². The topological polar surface area (TPSA) is 68.0 Å². The van der Waals surface area contributed by atoms with Crippen LogP contribution in [0.4, 0.5) is 0 Å². The van der Waals surface area contributed by atoms with Crippen LogP contribution >= 0.6 is 11.8 Å². The molecule has 0 fully saturated rings. The third-order valence-corrected chi connectivity index (χ3v) is 4.53. The Balaban J connectivity index is 2.04. The van der Waals surface area contributed by atoms with Crippen LogP contribution in [0, 0.1) is 0 Å². The van der Waals surface area contributed by atoms with Crippen LogP contribution in [-0.2, 0) is 10.2 Å². The van der Waals surface area contributed by atoms with Crippen molar-refractivity contribution in [2.75, 3.05) is 6.54 Å². The zero-order chi connectivity index (χ0) is 17.7. The van der Waals surface area contributed by atoms with Crippen LogP contribution in [0.15, 0.2) is 33.9 Å². The molecule has 1 aromatic carbocycles. The highest BCUT2D eigenvalue weighted by atomic mass is 32.2. The Labute approximate surface area is 147 Å². The standard InChI is InChI=1S/C18H25N3O2S/c1-6-11-19-15(22)12(2)24-17-21-20-16(23-17)13-7-9-14(10-8-13)18(3,4)5/h7-10,12H,6,11H2,1-5H3,(H,19,22)/t12-/m0/s1. The van der Waals surface area contributed by atoms with E-state index < -0.39 is 0 Å². The third kappa shape index (κ3) is 4.84. The van der Waals surface area contributed by atoms with E-state index in [0.717, 1.165) is 12.0 Å². The molecule has 0 saturated heterocycles. The molecule has 0 saturated carbocycles. The van der Waals surface area contributed by atoms with Gasteiger partial charge in [0.25, 0.3) is 5.22 Å². The summed E-state index contributed by atoms with van der Waals surface area (Å²) >= 11 is 1.27. The molecule has 5 nitrogen and oxygen atoms in total. The quantitative estimate of drug-likeness (QED) is 0.799. The number of hydrogen-bond acceptors (Lipinski definition) is 5. The Bertz CT molecular complexity index is 674. The summed E-state index contributed by atoms with van der Waals surface area (Å²) in [6.45, 7) is 11.1. The molecule has 1 amide bonds. The van der Waals surface area contributed by atoms with Gasteiger partial charge < -0.3 is 9.73 Å². The Kier molecular flexibility index (Phi) is 6.04. The van der Waals surface area contributed by atoms with Crippen molar-refractivity contribution in [1.29, 1.82) is 0 Å². The maximum atomic E-state index is 11.9. The molecule has 0 aliphatic rings. The molecule has 0 bridgehead atoms. The van der Waals surface area contributed by atoms with Gasteiger partial charge in [0.1, 0.15) is 0 Å². The maximum Gasteiger partial charge on any atom is 0.277 e. The second-order valence-corrected chi connectivity index (χ2v) is 8.04. The van der Waals surface area contributed by atoms with Gasteiger partial charge in [0.15, 0.2) is 0 Å². The normalized spacial score (nSPS) is 12.9. The van der Waals surface area contributed by atoms with E-state index >= 15 is 0 Å². The average Bonchev–Trinajstić information content (AvgIpc) is 3.00. The zero-order valence-electron chi connectivity index (χ0n) is 14.9. The van der Waals surface area contributed by atoms with Gasteiger partial charge in [0, 0.05) is 12.1 Å². The summed E-state index contributed by atoms with van der Waals surface area (Å²) in [4.78, 5) is 11.9. The van der Waals surface area contributed by atoms with E-state index in [1.54, 1.807) is 0 Å². The lowest BCUT2D eigenvalue weighted by Gasteiger charge is -2.18. The van der Waals surface area contributed by atoms with Gasteiger partial charge >= 0.3 is 0 Å². The number of carbonyl (C=O) groups is 1. The van der Waals surface area contributed by atoms with Crippen molar-refractivity contribution in [2.45, 2.75) is 56.9 Å². The van der Waals surface area contributed by atoms with Gasteiger partial charge in [-0.1, -0.05) is 51.6 Å². The summed E-state index contributed by atoms with van der Waals surface area (Å²) in [6.07, 6.45) is 0.915. The second kappa shape index (κ2) is 7.83. The highest BCUT2D eigenvalue weighted by molar-refractivity contribution is 8.00. The Hall–Kier alpha value is -1.82. The fourth-order valence-corrected chi connectivity index (χ4v) is 2.79. The molecular formula is C18H25N3O2S. The van der Waals surface area contributed by atoms with Crippen molar-refractivity contribution in [3.05, 3.63) is 29.8 Å². The highest BCUT2D eigenvalue weighted by Gasteiger charge is 2.19. The molecule has 1 atom stereocenters. The van der Waals surface area contributed by atoms with Crippen molar-refractivity contribution < 1.29 is 9.21 Å². The molecule has 0 aliphatic heterocycles. The molecule has 1 heterocycles. The number of carbonyl (C=O) groups excluding carboxylic acids is 1. The maximum absolute atomic E-state index is 11.9. The number of nitrogens with one attached hydrogen (secondary N) is 1. The molecule has 2 aromatic rings. The minimum absolute atomic E-state index is 0.0175. The first-order valence-corrected chi connectivity index (χ1v) is 9.08. The van der Waals surface area contributed by atoms with Crippen molar-refractivity contribution in [1.82, 2.24) is 15.5 Å². The van der Waals surface area contributed by atoms with Gasteiger partial charge in [-0.2, -0.15) is 0 Å². The van der Waals surface area contributed by atoms with E-state index in [1.807, 2.05) is 26.0 Å². The van der Waals surface area contributed by atoms with Gasteiger partial charge in [-0.05, 0) is 36.5 Å². The Morgan fingerprint density at radius 1 is 1.25 bits per heavy atom. The van der Waals surface area contributed by atoms with Gasteiger partial charge in [0.2, 0.25) is 11.8 Å².